The molecule has 2 aromatic heterocycles. The molecule has 34 heavy (non-hydrogen) atoms. The third kappa shape index (κ3) is 3.83. The van der Waals surface area contributed by atoms with E-state index in [1.54, 1.807) is 24.8 Å². The standard InChI is InChI=1S/C28H22N4O2/c1-3-7-19(8-4-1)25-17-33-27(31-25)23-15-29-13-11-21(23)22-12-14-30-16-24(22)28-32-26(18-34-28)20-9-5-2-6-10-20/h1-16,25-26H,17-18H2/t25-,26-/m0/s1. The van der Waals surface area contributed by atoms with Crippen LogP contribution in [0, 0.1) is 0 Å². The van der Waals surface area contributed by atoms with E-state index in [-0.39, 0.29) is 12.1 Å². The minimum atomic E-state index is -0.0321. The molecule has 0 bridgehead atoms. The molecule has 4 heterocycles. The van der Waals surface area contributed by atoms with Crippen LogP contribution in [0.4, 0.5) is 0 Å². The lowest BCUT2D eigenvalue weighted by Gasteiger charge is -2.12. The molecule has 0 N–H and O–H groups in total. The zero-order valence-corrected chi connectivity index (χ0v) is 18.4. The maximum Gasteiger partial charge on any atom is 0.219 e. The van der Waals surface area contributed by atoms with Crippen molar-refractivity contribution in [2.45, 2.75) is 12.1 Å². The van der Waals surface area contributed by atoms with Crippen LogP contribution in [-0.4, -0.2) is 35.0 Å². The van der Waals surface area contributed by atoms with Crippen molar-refractivity contribution in [2.24, 2.45) is 9.98 Å². The van der Waals surface area contributed by atoms with Crippen molar-refractivity contribution in [3.05, 3.63) is 120 Å². The summed E-state index contributed by atoms with van der Waals surface area (Å²) in [6.45, 7) is 1.01. The monoisotopic (exact) mass is 446 g/mol. The summed E-state index contributed by atoms with van der Waals surface area (Å²) in [6.07, 6.45) is 7.15. The molecule has 6 nitrogen and oxygen atoms in total. The van der Waals surface area contributed by atoms with Crippen LogP contribution < -0.4 is 0 Å². The lowest BCUT2D eigenvalue weighted by Crippen LogP contribution is -2.08. The summed E-state index contributed by atoms with van der Waals surface area (Å²) < 4.78 is 12.1. The first-order chi connectivity index (χ1) is 16.9. The van der Waals surface area contributed by atoms with Gasteiger partial charge in [-0.2, -0.15) is 0 Å². The number of aliphatic imine (C=N–C) groups is 2. The highest BCUT2D eigenvalue weighted by atomic mass is 16.5. The van der Waals surface area contributed by atoms with Crippen molar-refractivity contribution in [3.63, 3.8) is 0 Å². The number of hydrogen-bond donors (Lipinski definition) is 0. The van der Waals surface area contributed by atoms with E-state index in [2.05, 4.69) is 34.2 Å². The molecule has 0 spiro atoms. The Morgan fingerprint density at radius 1 is 0.529 bits per heavy atom. The number of pyridine rings is 2. The third-order valence-corrected chi connectivity index (χ3v) is 6.06. The zero-order valence-electron chi connectivity index (χ0n) is 18.4. The van der Waals surface area contributed by atoms with Gasteiger partial charge in [0.1, 0.15) is 25.3 Å². The maximum absolute atomic E-state index is 6.04. The molecule has 2 atom stereocenters. The van der Waals surface area contributed by atoms with Gasteiger partial charge in [-0.25, -0.2) is 9.98 Å². The van der Waals surface area contributed by atoms with E-state index in [0.29, 0.717) is 25.0 Å². The summed E-state index contributed by atoms with van der Waals surface area (Å²) >= 11 is 0. The first kappa shape index (κ1) is 20.3. The van der Waals surface area contributed by atoms with Crippen molar-refractivity contribution in [2.75, 3.05) is 13.2 Å². The number of nitrogens with zero attached hydrogens (tertiary/aromatic N) is 4. The molecule has 0 amide bonds. The molecular weight excluding hydrogens is 424 g/mol. The first-order valence-electron chi connectivity index (χ1n) is 11.3. The van der Waals surface area contributed by atoms with Gasteiger partial charge in [0, 0.05) is 24.8 Å². The lowest BCUT2D eigenvalue weighted by atomic mass is 9.98. The Morgan fingerprint density at radius 3 is 1.41 bits per heavy atom. The summed E-state index contributed by atoms with van der Waals surface area (Å²) in [6, 6.07) is 24.3. The van der Waals surface area contributed by atoms with E-state index >= 15 is 0 Å². The smallest absolute Gasteiger partial charge is 0.219 e. The van der Waals surface area contributed by atoms with Gasteiger partial charge < -0.3 is 9.47 Å². The van der Waals surface area contributed by atoms with E-state index in [4.69, 9.17) is 19.5 Å². The fourth-order valence-corrected chi connectivity index (χ4v) is 4.33. The fourth-order valence-electron chi connectivity index (χ4n) is 4.33. The van der Waals surface area contributed by atoms with Crippen LogP contribution in [0.3, 0.4) is 0 Å². The molecule has 0 saturated carbocycles. The molecule has 166 valence electrons. The van der Waals surface area contributed by atoms with Gasteiger partial charge in [0.15, 0.2) is 0 Å². The minimum Gasteiger partial charge on any atom is -0.475 e. The van der Waals surface area contributed by atoms with E-state index < -0.39 is 0 Å². The van der Waals surface area contributed by atoms with E-state index in [9.17, 15) is 0 Å². The number of aromatic nitrogens is 2. The van der Waals surface area contributed by atoms with Gasteiger partial charge in [0.05, 0.1) is 11.1 Å². The Bertz CT molecular complexity index is 1260. The highest BCUT2D eigenvalue weighted by Gasteiger charge is 2.27. The highest BCUT2D eigenvalue weighted by Crippen LogP contribution is 2.33. The minimum absolute atomic E-state index is 0.0321. The maximum atomic E-state index is 6.04. The van der Waals surface area contributed by atoms with Gasteiger partial charge >= 0.3 is 0 Å². The lowest BCUT2D eigenvalue weighted by molar-refractivity contribution is 0.319. The van der Waals surface area contributed by atoms with Crippen LogP contribution in [0.5, 0.6) is 0 Å². The van der Waals surface area contributed by atoms with Crippen molar-refractivity contribution in [1.82, 2.24) is 9.97 Å². The molecule has 0 aliphatic carbocycles. The molecule has 2 aliphatic heterocycles. The van der Waals surface area contributed by atoms with Gasteiger partial charge in [-0.1, -0.05) is 60.7 Å². The van der Waals surface area contributed by atoms with Crippen LogP contribution in [-0.2, 0) is 9.47 Å². The average molecular weight is 447 g/mol. The Hall–Kier alpha value is -4.32. The number of rotatable bonds is 5. The van der Waals surface area contributed by atoms with Crippen molar-refractivity contribution >= 4 is 11.8 Å². The average Bonchev–Trinajstić information content (AvgIpc) is 3.61. The molecule has 0 fully saturated rings. The molecule has 2 aliphatic rings. The van der Waals surface area contributed by atoms with Crippen molar-refractivity contribution < 1.29 is 9.47 Å². The molecule has 4 aromatic rings. The Kier molecular flexibility index (Phi) is 5.32. The predicted molar refractivity (Wildman–Crippen MR) is 131 cm³/mol. The summed E-state index contributed by atoms with van der Waals surface area (Å²) in [5, 5.41) is 0. The molecule has 0 unspecified atom stereocenters. The molecule has 2 aromatic carbocycles. The Balaban J connectivity index is 1.37. The number of benzene rings is 2. The van der Waals surface area contributed by atoms with Crippen LogP contribution in [0.25, 0.3) is 11.1 Å². The van der Waals surface area contributed by atoms with Gasteiger partial charge in [0.25, 0.3) is 0 Å². The summed E-state index contributed by atoms with van der Waals surface area (Å²) in [5.74, 6) is 1.19. The van der Waals surface area contributed by atoms with Gasteiger partial charge in [0.2, 0.25) is 11.8 Å². The van der Waals surface area contributed by atoms with Crippen molar-refractivity contribution in [3.8, 4) is 11.1 Å². The summed E-state index contributed by atoms with van der Waals surface area (Å²) in [4.78, 5) is 18.5. The SMILES string of the molecule is c1ccc([C@@H]2COC(c3cnccc3-c3ccncc3C3=N[C@H](c4ccccc4)CO3)=N2)cc1. The normalized spacial score (nSPS) is 19.2. The Labute approximate surface area is 197 Å². The predicted octanol–water partition coefficient (Wildman–Crippen LogP) is 5.18. The van der Waals surface area contributed by atoms with Crippen LogP contribution >= 0.6 is 0 Å². The van der Waals surface area contributed by atoms with E-state index in [0.717, 1.165) is 33.4 Å². The second-order valence-electron chi connectivity index (χ2n) is 8.19. The molecule has 0 radical (unpaired) electrons. The van der Waals surface area contributed by atoms with Crippen molar-refractivity contribution in [1.29, 1.82) is 0 Å². The van der Waals surface area contributed by atoms with Gasteiger partial charge in [-0.05, 0) is 34.4 Å². The summed E-state index contributed by atoms with van der Waals surface area (Å²) in [5.41, 5.74) is 5.85. The van der Waals surface area contributed by atoms with Gasteiger partial charge in [-0.15, -0.1) is 0 Å². The fraction of sp³-hybridized carbons (Fsp3) is 0.143. The zero-order chi connectivity index (χ0) is 22.7. The molecule has 6 rings (SSSR count). The Morgan fingerprint density at radius 2 is 0.971 bits per heavy atom. The van der Waals surface area contributed by atoms with Crippen LogP contribution in [0.15, 0.2) is 108 Å². The summed E-state index contributed by atoms with van der Waals surface area (Å²) in [7, 11) is 0. The molecule has 0 saturated heterocycles. The van der Waals surface area contributed by atoms with E-state index in [1.807, 2.05) is 48.5 Å². The second-order valence-corrected chi connectivity index (χ2v) is 8.19. The highest BCUT2D eigenvalue weighted by molar-refractivity contribution is 6.06. The first-order valence-corrected chi connectivity index (χ1v) is 11.3. The van der Waals surface area contributed by atoms with E-state index in [1.165, 1.54) is 0 Å². The quantitative estimate of drug-likeness (QED) is 0.424. The van der Waals surface area contributed by atoms with Crippen LogP contribution in [0.2, 0.25) is 0 Å². The molecular formula is C28H22N4O2. The topological polar surface area (TPSA) is 69.0 Å². The van der Waals surface area contributed by atoms with Crippen LogP contribution in [0.1, 0.15) is 34.3 Å². The third-order valence-electron chi connectivity index (χ3n) is 6.06. The second kappa shape index (κ2) is 8.90. The number of ether oxygens (including phenoxy) is 2. The largest absolute Gasteiger partial charge is 0.475 e. The van der Waals surface area contributed by atoms with Gasteiger partial charge in [-0.3, -0.25) is 9.97 Å². The molecule has 6 heteroatoms. The number of hydrogen-bond acceptors (Lipinski definition) is 6.